The van der Waals surface area contributed by atoms with Crippen molar-refractivity contribution in [2.24, 2.45) is 0 Å². The molecule has 1 rings (SSSR count). The van der Waals surface area contributed by atoms with Crippen LogP contribution in [0.2, 0.25) is 0 Å². The molecule has 1 nitrogen and oxygen atoms in total. The van der Waals surface area contributed by atoms with Gasteiger partial charge in [-0.1, -0.05) is 27.6 Å². The summed E-state index contributed by atoms with van der Waals surface area (Å²) in [6.45, 7) is 5.83. The third kappa shape index (κ3) is 5.73. The molecule has 0 aliphatic rings. The maximum Gasteiger partial charge on any atom is 0.0637 e. The summed E-state index contributed by atoms with van der Waals surface area (Å²) in [5.41, 5.74) is 1.13. The normalized spacial score (nSPS) is 12.4. The van der Waals surface area contributed by atoms with Crippen molar-refractivity contribution < 1.29 is 5.11 Å². The summed E-state index contributed by atoms with van der Waals surface area (Å²) in [6.07, 6.45) is 1.46. The molecule has 0 aliphatic carbocycles. The summed E-state index contributed by atoms with van der Waals surface area (Å²) in [7, 11) is 0. The Balaban J connectivity index is 2.31. The van der Waals surface area contributed by atoms with E-state index in [0.29, 0.717) is 0 Å². The molecular formula is C13H17BrOS. The van der Waals surface area contributed by atoms with E-state index in [4.69, 9.17) is 0 Å². The minimum atomic E-state index is -0.249. The number of aliphatic hydroxyl groups excluding tert-OH is 1. The van der Waals surface area contributed by atoms with Crippen LogP contribution in [0.5, 0.6) is 0 Å². The van der Waals surface area contributed by atoms with Crippen LogP contribution in [0.3, 0.4) is 0 Å². The number of hydrogen-bond donors (Lipinski definition) is 1. The molecule has 0 saturated carbocycles. The van der Waals surface area contributed by atoms with Gasteiger partial charge in [0.1, 0.15) is 0 Å². The highest BCUT2D eigenvalue weighted by molar-refractivity contribution is 9.10. The van der Waals surface area contributed by atoms with Gasteiger partial charge in [0.25, 0.3) is 0 Å². The number of benzene rings is 1. The van der Waals surface area contributed by atoms with Crippen molar-refractivity contribution in [3.8, 4) is 0 Å². The van der Waals surface area contributed by atoms with Crippen molar-refractivity contribution in [1.82, 2.24) is 0 Å². The fraction of sp³-hybridized carbons (Fsp3) is 0.385. The van der Waals surface area contributed by atoms with Gasteiger partial charge in [0.15, 0.2) is 0 Å². The fourth-order valence-corrected chi connectivity index (χ4v) is 2.73. The van der Waals surface area contributed by atoms with Crippen LogP contribution in [0.4, 0.5) is 0 Å². The largest absolute Gasteiger partial charge is 0.392 e. The lowest BCUT2D eigenvalue weighted by Gasteiger charge is -2.10. The lowest BCUT2D eigenvalue weighted by molar-refractivity contribution is 0.189. The van der Waals surface area contributed by atoms with E-state index in [2.05, 4.69) is 34.6 Å². The van der Waals surface area contributed by atoms with E-state index in [-0.39, 0.29) is 6.10 Å². The van der Waals surface area contributed by atoms with Gasteiger partial charge >= 0.3 is 0 Å². The number of rotatable bonds is 6. The maximum absolute atomic E-state index is 9.76. The van der Waals surface area contributed by atoms with E-state index in [0.717, 1.165) is 28.6 Å². The van der Waals surface area contributed by atoms with Crippen LogP contribution in [0, 0.1) is 0 Å². The van der Waals surface area contributed by atoms with E-state index in [9.17, 15) is 5.11 Å². The molecule has 0 amide bonds. The number of allylic oxidation sites excluding steroid dienone is 1. The summed E-state index contributed by atoms with van der Waals surface area (Å²) in [4.78, 5) is 1.18. The third-order valence-electron chi connectivity index (χ3n) is 2.14. The van der Waals surface area contributed by atoms with Gasteiger partial charge in [-0.05, 0) is 38.0 Å². The fourth-order valence-electron chi connectivity index (χ4n) is 1.25. The van der Waals surface area contributed by atoms with Gasteiger partial charge in [-0.15, -0.1) is 18.3 Å². The minimum Gasteiger partial charge on any atom is -0.392 e. The SMILES string of the molecule is C=C(C)CCC(O)CSc1cccc(Br)c1. The highest BCUT2D eigenvalue weighted by Gasteiger charge is 2.05. The summed E-state index contributed by atoms with van der Waals surface area (Å²) in [6, 6.07) is 8.13. The second-order valence-corrected chi connectivity index (χ2v) is 5.93. The molecule has 1 aromatic carbocycles. The molecule has 0 aliphatic heterocycles. The van der Waals surface area contributed by atoms with Crippen molar-refractivity contribution in [3.63, 3.8) is 0 Å². The Morgan fingerprint density at radius 2 is 2.31 bits per heavy atom. The average Bonchev–Trinajstić information content (AvgIpc) is 2.23. The summed E-state index contributed by atoms with van der Waals surface area (Å²) < 4.78 is 1.08. The molecule has 1 unspecified atom stereocenters. The van der Waals surface area contributed by atoms with Gasteiger partial charge in [-0.2, -0.15) is 0 Å². The molecule has 1 aromatic rings. The first-order valence-electron chi connectivity index (χ1n) is 5.28. The molecule has 1 atom stereocenters. The molecule has 0 aromatic heterocycles. The Labute approximate surface area is 110 Å². The Morgan fingerprint density at radius 3 is 2.94 bits per heavy atom. The van der Waals surface area contributed by atoms with Crippen LogP contribution in [-0.2, 0) is 0 Å². The second kappa shape index (κ2) is 7.15. The van der Waals surface area contributed by atoms with E-state index in [1.165, 1.54) is 4.90 Å². The van der Waals surface area contributed by atoms with Gasteiger partial charge in [0.05, 0.1) is 6.10 Å². The van der Waals surface area contributed by atoms with Gasteiger partial charge in [-0.3, -0.25) is 0 Å². The molecule has 3 heteroatoms. The van der Waals surface area contributed by atoms with Crippen molar-refractivity contribution in [2.75, 3.05) is 5.75 Å². The van der Waals surface area contributed by atoms with Crippen molar-refractivity contribution >= 4 is 27.7 Å². The van der Waals surface area contributed by atoms with Gasteiger partial charge in [-0.25, -0.2) is 0 Å². The molecule has 0 bridgehead atoms. The first-order chi connectivity index (χ1) is 7.58. The Hall–Kier alpha value is -0.250. The van der Waals surface area contributed by atoms with Crippen molar-refractivity contribution in [3.05, 3.63) is 40.9 Å². The minimum absolute atomic E-state index is 0.249. The predicted molar refractivity (Wildman–Crippen MR) is 74.9 cm³/mol. The summed E-state index contributed by atoms with van der Waals surface area (Å²) in [5.74, 6) is 0.740. The molecule has 88 valence electrons. The zero-order valence-corrected chi connectivity index (χ0v) is 11.9. The van der Waals surface area contributed by atoms with E-state index < -0.39 is 0 Å². The Morgan fingerprint density at radius 1 is 1.56 bits per heavy atom. The first kappa shape index (κ1) is 13.8. The van der Waals surface area contributed by atoms with Crippen LogP contribution in [0.15, 0.2) is 45.8 Å². The number of halogens is 1. The maximum atomic E-state index is 9.76. The van der Waals surface area contributed by atoms with Crippen LogP contribution >= 0.6 is 27.7 Å². The second-order valence-electron chi connectivity index (χ2n) is 3.92. The average molecular weight is 301 g/mol. The molecule has 0 fully saturated rings. The zero-order chi connectivity index (χ0) is 12.0. The summed E-state index contributed by atoms with van der Waals surface area (Å²) in [5, 5.41) is 9.76. The van der Waals surface area contributed by atoms with Crippen LogP contribution in [0.1, 0.15) is 19.8 Å². The zero-order valence-electron chi connectivity index (χ0n) is 9.45. The number of thioether (sulfide) groups is 1. The molecule has 16 heavy (non-hydrogen) atoms. The molecule has 0 radical (unpaired) electrons. The molecular weight excluding hydrogens is 284 g/mol. The van der Waals surface area contributed by atoms with E-state index in [1.54, 1.807) is 11.8 Å². The van der Waals surface area contributed by atoms with Gasteiger partial charge in [0, 0.05) is 15.1 Å². The monoisotopic (exact) mass is 300 g/mol. The van der Waals surface area contributed by atoms with E-state index >= 15 is 0 Å². The predicted octanol–water partition coefficient (Wildman–Crippen LogP) is 4.26. The Kier molecular flexibility index (Phi) is 6.17. The standard InChI is InChI=1S/C13H17BrOS/c1-10(2)6-7-12(15)9-16-13-5-3-4-11(14)8-13/h3-5,8,12,15H,1,6-7,9H2,2H3. The van der Waals surface area contributed by atoms with Crippen LogP contribution in [-0.4, -0.2) is 17.0 Å². The lowest BCUT2D eigenvalue weighted by atomic mass is 10.1. The highest BCUT2D eigenvalue weighted by atomic mass is 79.9. The summed E-state index contributed by atoms with van der Waals surface area (Å²) >= 11 is 5.12. The quantitative estimate of drug-likeness (QED) is 0.626. The molecule has 1 N–H and O–H groups in total. The first-order valence-corrected chi connectivity index (χ1v) is 7.06. The van der Waals surface area contributed by atoms with Crippen molar-refractivity contribution in [1.29, 1.82) is 0 Å². The number of hydrogen-bond acceptors (Lipinski definition) is 2. The smallest absolute Gasteiger partial charge is 0.0637 e. The lowest BCUT2D eigenvalue weighted by Crippen LogP contribution is -2.09. The number of aliphatic hydroxyl groups is 1. The van der Waals surface area contributed by atoms with Crippen LogP contribution in [0.25, 0.3) is 0 Å². The van der Waals surface area contributed by atoms with E-state index in [1.807, 2.05) is 19.1 Å². The Bertz CT molecular complexity index is 352. The van der Waals surface area contributed by atoms with Crippen molar-refractivity contribution in [2.45, 2.75) is 30.8 Å². The highest BCUT2D eigenvalue weighted by Crippen LogP contribution is 2.23. The molecule has 0 spiro atoms. The van der Waals surface area contributed by atoms with Crippen LogP contribution < -0.4 is 0 Å². The van der Waals surface area contributed by atoms with Gasteiger partial charge in [0.2, 0.25) is 0 Å². The van der Waals surface area contributed by atoms with Gasteiger partial charge < -0.3 is 5.11 Å². The molecule has 0 saturated heterocycles. The third-order valence-corrected chi connectivity index (χ3v) is 3.77. The topological polar surface area (TPSA) is 20.2 Å². The molecule has 0 heterocycles.